The van der Waals surface area contributed by atoms with Crippen LogP contribution in [0.15, 0.2) is 0 Å². The standard InChI is InChI=1S/C11H21NO3/c1-11(2,3)12-6-5-9(13)8(7-12)10(14)15-4/h8-9,13H,5-7H2,1-4H3/t8-,9+/m0/s1. The first kappa shape index (κ1) is 12.5. The minimum absolute atomic E-state index is 0.0341. The van der Waals surface area contributed by atoms with Crippen LogP contribution in [0.4, 0.5) is 0 Å². The third kappa shape index (κ3) is 2.92. The molecule has 1 N–H and O–H groups in total. The van der Waals surface area contributed by atoms with Crippen molar-refractivity contribution >= 4 is 5.97 Å². The molecule has 0 unspecified atom stereocenters. The van der Waals surface area contributed by atoms with Gasteiger partial charge in [-0.3, -0.25) is 9.69 Å². The van der Waals surface area contributed by atoms with Crippen LogP contribution in [0, 0.1) is 5.92 Å². The quantitative estimate of drug-likeness (QED) is 0.652. The maximum Gasteiger partial charge on any atom is 0.312 e. The molecule has 0 aromatic heterocycles. The fourth-order valence-corrected chi connectivity index (χ4v) is 1.93. The SMILES string of the molecule is COC(=O)[C@H]1CN(C(C)(C)C)CC[C@H]1O. The molecule has 0 spiro atoms. The van der Waals surface area contributed by atoms with E-state index < -0.39 is 12.0 Å². The first-order valence-electron chi connectivity index (χ1n) is 5.37. The fraction of sp³-hybridized carbons (Fsp3) is 0.909. The molecule has 4 nitrogen and oxygen atoms in total. The molecule has 0 amide bonds. The lowest BCUT2D eigenvalue weighted by atomic mass is 9.91. The summed E-state index contributed by atoms with van der Waals surface area (Å²) in [5.74, 6) is -0.709. The minimum atomic E-state index is -0.559. The summed E-state index contributed by atoms with van der Waals surface area (Å²) >= 11 is 0. The second-order valence-electron chi connectivity index (χ2n) is 5.10. The molecule has 1 rings (SSSR count). The van der Waals surface area contributed by atoms with Crippen molar-refractivity contribution in [2.75, 3.05) is 20.2 Å². The number of ether oxygens (including phenoxy) is 1. The second kappa shape index (κ2) is 4.49. The number of rotatable bonds is 1. The molecular formula is C11H21NO3. The summed E-state index contributed by atoms with van der Waals surface area (Å²) in [7, 11) is 1.37. The summed E-state index contributed by atoms with van der Waals surface area (Å²) in [6.07, 6.45) is 0.0767. The smallest absolute Gasteiger partial charge is 0.312 e. The Hall–Kier alpha value is -0.610. The Kier molecular flexibility index (Phi) is 3.73. The highest BCUT2D eigenvalue weighted by Crippen LogP contribution is 2.24. The summed E-state index contributed by atoms with van der Waals surface area (Å²) in [5, 5.41) is 9.73. The summed E-state index contributed by atoms with van der Waals surface area (Å²) in [6.45, 7) is 7.74. The van der Waals surface area contributed by atoms with E-state index in [1.807, 2.05) is 0 Å². The number of carbonyl (C=O) groups excluding carboxylic acids is 1. The molecule has 0 radical (unpaired) electrons. The molecule has 0 aromatic carbocycles. The molecule has 0 saturated carbocycles. The van der Waals surface area contributed by atoms with Crippen LogP contribution in [-0.4, -0.2) is 47.8 Å². The minimum Gasteiger partial charge on any atom is -0.469 e. The van der Waals surface area contributed by atoms with Gasteiger partial charge < -0.3 is 9.84 Å². The lowest BCUT2D eigenvalue weighted by molar-refractivity contribution is -0.153. The van der Waals surface area contributed by atoms with Crippen LogP contribution in [0.1, 0.15) is 27.2 Å². The number of likely N-dealkylation sites (tertiary alicyclic amines) is 1. The maximum absolute atomic E-state index is 11.4. The summed E-state index contributed by atoms with van der Waals surface area (Å²) in [6, 6.07) is 0. The second-order valence-corrected chi connectivity index (χ2v) is 5.10. The van der Waals surface area contributed by atoms with E-state index in [0.717, 1.165) is 6.54 Å². The molecule has 1 heterocycles. The molecule has 88 valence electrons. The molecule has 0 aromatic rings. The van der Waals surface area contributed by atoms with Gasteiger partial charge in [-0.1, -0.05) is 0 Å². The topological polar surface area (TPSA) is 49.8 Å². The molecule has 0 aliphatic carbocycles. The molecule has 2 atom stereocenters. The first-order chi connectivity index (χ1) is 6.86. The normalized spacial score (nSPS) is 28.9. The van der Waals surface area contributed by atoms with E-state index in [4.69, 9.17) is 4.74 Å². The van der Waals surface area contributed by atoms with Gasteiger partial charge in [0, 0.05) is 18.6 Å². The molecule has 1 saturated heterocycles. The Morgan fingerprint density at radius 1 is 1.47 bits per heavy atom. The van der Waals surface area contributed by atoms with E-state index in [1.54, 1.807) is 0 Å². The lowest BCUT2D eigenvalue weighted by Crippen LogP contribution is -2.53. The number of hydrogen-bond donors (Lipinski definition) is 1. The van der Waals surface area contributed by atoms with Gasteiger partial charge in [-0.2, -0.15) is 0 Å². The van der Waals surface area contributed by atoms with Crippen molar-refractivity contribution in [3.63, 3.8) is 0 Å². The average Bonchev–Trinajstić information content (AvgIpc) is 2.15. The van der Waals surface area contributed by atoms with Crippen LogP contribution < -0.4 is 0 Å². The predicted octanol–water partition coefficient (Wildman–Crippen LogP) is 0.641. The third-order valence-corrected chi connectivity index (χ3v) is 3.03. The molecule has 0 bridgehead atoms. The van der Waals surface area contributed by atoms with Crippen molar-refractivity contribution in [3.05, 3.63) is 0 Å². The largest absolute Gasteiger partial charge is 0.469 e. The van der Waals surface area contributed by atoms with E-state index in [2.05, 4.69) is 25.7 Å². The van der Waals surface area contributed by atoms with Crippen LogP contribution in [0.5, 0.6) is 0 Å². The zero-order valence-corrected chi connectivity index (χ0v) is 9.99. The highest BCUT2D eigenvalue weighted by Gasteiger charge is 2.37. The number of nitrogens with zero attached hydrogens (tertiary/aromatic N) is 1. The van der Waals surface area contributed by atoms with Crippen molar-refractivity contribution in [3.8, 4) is 0 Å². The molecule has 1 aliphatic heterocycles. The summed E-state index contributed by atoms with van der Waals surface area (Å²) in [4.78, 5) is 13.7. The number of hydrogen-bond acceptors (Lipinski definition) is 4. The maximum atomic E-state index is 11.4. The number of piperidine rings is 1. The third-order valence-electron chi connectivity index (χ3n) is 3.03. The van der Waals surface area contributed by atoms with Crippen molar-refractivity contribution in [1.82, 2.24) is 4.90 Å². The van der Waals surface area contributed by atoms with E-state index in [1.165, 1.54) is 7.11 Å². The van der Waals surface area contributed by atoms with E-state index >= 15 is 0 Å². The Morgan fingerprint density at radius 2 is 2.07 bits per heavy atom. The van der Waals surface area contributed by atoms with Gasteiger partial charge in [-0.25, -0.2) is 0 Å². The lowest BCUT2D eigenvalue weighted by Gasteiger charge is -2.42. The van der Waals surface area contributed by atoms with Gasteiger partial charge in [0.1, 0.15) is 0 Å². The number of aliphatic hydroxyl groups excluding tert-OH is 1. The first-order valence-corrected chi connectivity index (χ1v) is 5.37. The van der Waals surface area contributed by atoms with Crippen LogP contribution in [0.3, 0.4) is 0 Å². The van der Waals surface area contributed by atoms with Gasteiger partial charge >= 0.3 is 5.97 Å². The zero-order chi connectivity index (χ0) is 11.6. The molecular weight excluding hydrogens is 194 g/mol. The van der Waals surface area contributed by atoms with Gasteiger partial charge in [0.05, 0.1) is 19.1 Å². The van der Waals surface area contributed by atoms with Crippen molar-refractivity contribution in [1.29, 1.82) is 0 Å². The molecule has 4 heteroatoms. The molecule has 1 aliphatic rings. The van der Waals surface area contributed by atoms with Crippen molar-refractivity contribution in [2.24, 2.45) is 5.92 Å². The van der Waals surface area contributed by atoms with Crippen LogP contribution in [0.25, 0.3) is 0 Å². The Bertz CT molecular complexity index is 234. The summed E-state index contributed by atoms with van der Waals surface area (Å²) < 4.78 is 4.70. The Balaban J connectivity index is 2.68. The van der Waals surface area contributed by atoms with Crippen molar-refractivity contribution < 1.29 is 14.6 Å². The monoisotopic (exact) mass is 215 g/mol. The van der Waals surface area contributed by atoms with Crippen molar-refractivity contribution in [2.45, 2.75) is 38.8 Å². The summed E-state index contributed by atoms with van der Waals surface area (Å²) in [5.41, 5.74) is 0.0341. The van der Waals surface area contributed by atoms with Gasteiger partial charge in [0.25, 0.3) is 0 Å². The number of esters is 1. The highest BCUT2D eigenvalue weighted by molar-refractivity contribution is 5.73. The van der Waals surface area contributed by atoms with Gasteiger partial charge in [0.15, 0.2) is 0 Å². The zero-order valence-electron chi connectivity index (χ0n) is 9.99. The molecule has 1 fully saturated rings. The number of carbonyl (C=O) groups is 1. The van der Waals surface area contributed by atoms with E-state index in [0.29, 0.717) is 13.0 Å². The van der Waals surface area contributed by atoms with Crippen LogP contribution >= 0.6 is 0 Å². The fourth-order valence-electron chi connectivity index (χ4n) is 1.93. The predicted molar refractivity (Wildman–Crippen MR) is 57.5 cm³/mol. The highest BCUT2D eigenvalue weighted by atomic mass is 16.5. The van der Waals surface area contributed by atoms with Crippen LogP contribution in [0.2, 0.25) is 0 Å². The average molecular weight is 215 g/mol. The Labute approximate surface area is 91.2 Å². The van der Waals surface area contributed by atoms with E-state index in [9.17, 15) is 9.90 Å². The van der Waals surface area contributed by atoms with Crippen LogP contribution in [-0.2, 0) is 9.53 Å². The van der Waals surface area contributed by atoms with E-state index in [-0.39, 0.29) is 11.5 Å². The number of methoxy groups -OCH3 is 1. The molecule has 15 heavy (non-hydrogen) atoms. The Morgan fingerprint density at radius 3 is 2.53 bits per heavy atom. The number of aliphatic hydroxyl groups is 1. The van der Waals surface area contributed by atoms with Gasteiger partial charge in [-0.15, -0.1) is 0 Å². The van der Waals surface area contributed by atoms with Gasteiger partial charge in [-0.05, 0) is 27.2 Å². The van der Waals surface area contributed by atoms with Gasteiger partial charge in [0.2, 0.25) is 0 Å².